The van der Waals surface area contributed by atoms with Gasteiger partial charge < -0.3 is 4.90 Å². The third-order valence-electron chi connectivity index (χ3n) is 0.515. The van der Waals surface area contributed by atoms with Crippen molar-refractivity contribution in [3.8, 4) is 0 Å². The lowest BCUT2D eigenvalue weighted by atomic mass is 10.6. The van der Waals surface area contributed by atoms with Gasteiger partial charge in [-0.05, 0) is 0 Å². The number of carbonyl (C=O) groups excluding carboxylic acids is 1. The van der Waals surface area contributed by atoms with E-state index >= 15 is 0 Å². The molecule has 0 atom stereocenters. The van der Waals surface area contributed by atoms with Crippen LogP contribution in [0.15, 0.2) is 12.3 Å². The summed E-state index contributed by atoms with van der Waals surface area (Å²) < 4.78 is 0. The summed E-state index contributed by atoms with van der Waals surface area (Å²) in [6, 6.07) is 0. The highest BCUT2D eigenvalue weighted by molar-refractivity contribution is 7.97. The van der Waals surface area contributed by atoms with Gasteiger partial charge in [-0.3, -0.25) is 4.79 Å². The molecule has 0 bridgehead atoms. The van der Waals surface area contributed by atoms with E-state index in [1.165, 1.54) is 6.08 Å². The predicted octanol–water partition coefficient (Wildman–Crippen LogP) is 0.518. The molecule has 0 aliphatic heterocycles. The Morgan fingerprint density at radius 2 is 2.12 bits per heavy atom. The lowest BCUT2D eigenvalue weighted by Crippen LogP contribution is -2.00. The first-order valence-electron chi connectivity index (χ1n) is 2.20. The maximum absolute atomic E-state index is 10.1. The maximum Gasteiger partial charge on any atom is 0.210 e. The average Bonchev–Trinajstić information content (AvgIpc) is 1.61. The Bertz CT molecular complexity index is 109. The quantitative estimate of drug-likeness (QED) is 0.435. The first-order chi connectivity index (χ1) is 3.63. The molecule has 0 aromatic carbocycles. The Labute approximate surface area is 54.6 Å². The third-order valence-corrected chi connectivity index (χ3v) is 0.664. The van der Waals surface area contributed by atoms with Crippen molar-refractivity contribution in [3.63, 3.8) is 0 Å². The Kier molecular flexibility index (Phi) is 3.35. The van der Waals surface area contributed by atoms with Gasteiger partial charge in [0.15, 0.2) is 0 Å². The fourth-order valence-corrected chi connectivity index (χ4v) is 0.280. The Hall–Kier alpha value is -0.440. The summed E-state index contributed by atoms with van der Waals surface area (Å²) in [7, 11) is 3.68. The monoisotopic (exact) mass is 131 g/mol. The van der Waals surface area contributed by atoms with Gasteiger partial charge >= 0.3 is 0 Å². The summed E-state index contributed by atoms with van der Waals surface area (Å²) in [5.41, 5.74) is 0. The van der Waals surface area contributed by atoms with E-state index in [-0.39, 0.29) is 5.12 Å². The van der Waals surface area contributed by atoms with Crippen molar-refractivity contribution in [1.29, 1.82) is 0 Å². The topological polar surface area (TPSA) is 20.3 Å². The summed E-state index contributed by atoms with van der Waals surface area (Å²) in [4.78, 5) is 11.9. The number of hydrogen-bond acceptors (Lipinski definition) is 2. The molecule has 8 heavy (non-hydrogen) atoms. The standard InChI is InChI=1S/C5H9NOS/c1-6(2)4-3-5(7)8/h3-4H,1-2H3,(H,7,8)/b4-3+. The number of rotatable bonds is 2. The van der Waals surface area contributed by atoms with Crippen LogP contribution in [0.2, 0.25) is 0 Å². The molecule has 0 radical (unpaired) electrons. The molecule has 0 aliphatic carbocycles. The first kappa shape index (κ1) is 7.56. The lowest BCUT2D eigenvalue weighted by Gasteiger charge is -2.00. The second kappa shape index (κ2) is 3.55. The molecule has 0 saturated carbocycles. The van der Waals surface area contributed by atoms with Crippen molar-refractivity contribution in [1.82, 2.24) is 4.90 Å². The van der Waals surface area contributed by atoms with Gasteiger partial charge in [-0.15, -0.1) is 12.6 Å². The molecular formula is C5H9NOS. The van der Waals surface area contributed by atoms with Crippen LogP contribution < -0.4 is 0 Å². The van der Waals surface area contributed by atoms with Gasteiger partial charge in [0.1, 0.15) is 0 Å². The normalized spacial score (nSPS) is 9.88. The van der Waals surface area contributed by atoms with Crippen LogP contribution >= 0.6 is 12.6 Å². The van der Waals surface area contributed by atoms with E-state index in [2.05, 4.69) is 12.6 Å². The second-order valence-electron chi connectivity index (χ2n) is 1.62. The zero-order valence-corrected chi connectivity index (χ0v) is 5.85. The van der Waals surface area contributed by atoms with E-state index in [4.69, 9.17) is 0 Å². The zero-order valence-electron chi connectivity index (χ0n) is 4.96. The summed E-state index contributed by atoms with van der Waals surface area (Å²) in [6.45, 7) is 0. The summed E-state index contributed by atoms with van der Waals surface area (Å²) in [5, 5.41) is -0.223. The Morgan fingerprint density at radius 1 is 1.62 bits per heavy atom. The molecule has 0 aromatic heterocycles. The molecule has 0 unspecified atom stereocenters. The van der Waals surface area contributed by atoms with Gasteiger partial charge in [0.2, 0.25) is 5.12 Å². The molecule has 0 aromatic rings. The molecule has 2 nitrogen and oxygen atoms in total. The molecule has 3 heteroatoms. The van der Waals surface area contributed by atoms with Gasteiger partial charge in [0.05, 0.1) is 0 Å². The minimum atomic E-state index is -0.223. The van der Waals surface area contributed by atoms with E-state index in [0.717, 1.165) is 0 Å². The number of hydrogen-bond donors (Lipinski definition) is 1. The van der Waals surface area contributed by atoms with Gasteiger partial charge in [0.25, 0.3) is 0 Å². The van der Waals surface area contributed by atoms with Crippen molar-refractivity contribution < 1.29 is 4.79 Å². The fourth-order valence-electron chi connectivity index (χ4n) is 0.213. The number of thiol groups is 1. The molecule has 0 fully saturated rings. The smallest absolute Gasteiger partial charge is 0.210 e. The van der Waals surface area contributed by atoms with Crippen molar-refractivity contribution >= 4 is 17.7 Å². The fraction of sp³-hybridized carbons (Fsp3) is 0.400. The van der Waals surface area contributed by atoms with Crippen LogP contribution in [0.1, 0.15) is 0 Å². The van der Waals surface area contributed by atoms with Crippen molar-refractivity contribution in [2.24, 2.45) is 0 Å². The molecule has 0 amide bonds. The first-order valence-corrected chi connectivity index (χ1v) is 2.65. The second-order valence-corrected chi connectivity index (χ2v) is 2.06. The van der Waals surface area contributed by atoms with E-state index in [9.17, 15) is 4.79 Å². The van der Waals surface area contributed by atoms with Gasteiger partial charge in [-0.2, -0.15) is 0 Å². The highest BCUT2D eigenvalue weighted by Gasteiger charge is 1.80. The number of carbonyl (C=O) groups is 1. The van der Waals surface area contributed by atoms with Gasteiger partial charge in [0, 0.05) is 26.4 Å². The highest BCUT2D eigenvalue weighted by Crippen LogP contribution is 1.82. The molecule has 0 N–H and O–H groups in total. The van der Waals surface area contributed by atoms with Gasteiger partial charge in [-0.1, -0.05) is 0 Å². The molecule has 0 saturated heterocycles. The zero-order chi connectivity index (χ0) is 6.57. The molecule has 0 heterocycles. The van der Waals surface area contributed by atoms with Crippen molar-refractivity contribution in [3.05, 3.63) is 12.3 Å². The minimum Gasteiger partial charge on any atom is -0.383 e. The Balaban J connectivity index is 3.50. The maximum atomic E-state index is 10.1. The molecule has 0 spiro atoms. The third kappa shape index (κ3) is 5.56. The van der Waals surface area contributed by atoms with Crippen LogP contribution in [0, 0.1) is 0 Å². The van der Waals surface area contributed by atoms with E-state index < -0.39 is 0 Å². The molecular weight excluding hydrogens is 122 g/mol. The van der Waals surface area contributed by atoms with Crippen molar-refractivity contribution in [2.75, 3.05) is 14.1 Å². The molecule has 46 valence electrons. The summed E-state index contributed by atoms with van der Waals surface area (Å²) in [5.74, 6) is 0. The SMILES string of the molecule is CN(C)/C=C/C(=O)S. The van der Waals surface area contributed by atoms with Crippen LogP contribution in [0.25, 0.3) is 0 Å². The summed E-state index contributed by atoms with van der Waals surface area (Å²) >= 11 is 3.52. The van der Waals surface area contributed by atoms with Crippen LogP contribution in [0.4, 0.5) is 0 Å². The van der Waals surface area contributed by atoms with Crippen molar-refractivity contribution in [2.45, 2.75) is 0 Å². The molecule has 0 rings (SSSR count). The number of nitrogens with zero attached hydrogens (tertiary/aromatic N) is 1. The van der Waals surface area contributed by atoms with Crippen LogP contribution in [-0.4, -0.2) is 24.1 Å². The predicted molar refractivity (Wildman–Crippen MR) is 36.8 cm³/mol. The lowest BCUT2D eigenvalue weighted by molar-refractivity contribution is -0.106. The average molecular weight is 131 g/mol. The van der Waals surface area contributed by atoms with Crippen LogP contribution in [0.5, 0.6) is 0 Å². The van der Waals surface area contributed by atoms with Crippen LogP contribution in [0.3, 0.4) is 0 Å². The summed E-state index contributed by atoms with van der Waals surface area (Å²) in [6.07, 6.45) is 3.04. The largest absolute Gasteiger partial charge is 0.383 e. The molecule has 0 aliphatic rings. The Morgan fingerprint density at radius 3 is 2.25 bits per heavy atom. The van der Waals surface area contributed by atoms with E-state index in [1.54, 1.807) is 11.1 Å². The highest BCUT2D eigenvalue weighted by atomic mass is 32.1. The van der Waals surface area contributed by atoms with E-state index in [0.29, 0.717) is 0 Å². The van der Waals surface area contributed by atoms with Gasteiger partial charge in [-0.25, -0.2) is 0 Å². The minimum absolute atomic E-state index is 0.223. The van der Waals surface area contributed by atoms with Crippen LogP contribution in [-0.2, 0) is 4.79 Å². The van der Waals surface area contributed by atoms with E-state index in [1.807, 2.05) is 14.1 Å².